The van der Waals surface area contributed by atoms with Gasteiger partial charge in [-0.1, -0.05) is 11.6 Å². The number of nitrogens with two attached hydrogens (primary N) is 1. The Morgan fingerprint density at radius 1 is 1.20 bits per heavy atom. The highest BCUT2D eigenvalue weighted by Gasteiger charge is 2.10. The Labute approximate surface area is 119 Å². The number of hydrogen-bond donors (Lipinski definition) is 3. The van der Waals surface area contributed by atoms with Crippen LogP contribution in [0.5, 0.6) is 0 Å². The zero-order valence-corrected chi connectivity index (χ0v) is 10.9. The molecule has 0 unspecified atom stereocenters. The molecular weight excluding hydrogens is 282 g/mol. The number of carboxylic acid groups (broad SMARTS) is 1. The van der Waals surface area contributed by atoms with Gasteiger partial charge >= 0.3 is 5.97 Å². The Morgan fingerprint density at radius 3 is 2.55 bits per heavy atom. The van der Waals surface area contributed by atoms with Crippen molar-refractivity contribution in [2.45, 2.75) is 0 Å². The molecule has 0 aliphatic carbocycles. The monoisotopic (exact) mass is 291 g/mol. The van der Waals surface area contributed by atoms with E-state index in [4.69, 9.17) is 22.4 Å². The van der Waals surface area contributed by atoms with Crippen LogP contribution in [0.2, 0.25) is 5.02 Å². The molecule has 2 aromatic rings. The zero-order chi connectivity index (χ0) is 14.7. The molecule has 0 fully saturated rings. The maximum absolute atomic E-state index is 11.0. The molecule has 1 heterocycles. The van der Waals surface area contributed by atoms with E-state index in [-0.39, 0.29) is 16.3 Å². The third kappa shape index (κ3) is 3.04. The number of pyridine rings is 1. The van der Waals surface area contributed by atoms with E-state index in [9.17, 15) is 9.59 Å². The van der Waals surface area contributed by atoms with Crippen molar-refractivity contribution in [2.75, 3.05) is 5.32 Å². The number of aromatic carboxylic acids is 1. The summed E-state index contributed by atoms with van der Waals surface area (Å²) in [6, 6.07) is 7.59. The van der Waals surface area contributed by atoms with Crippen LogP contribution < -0.4 is 11.1 Å². The summed E-state index contributed by atoms with van der Waals surface area (Å²) in [5.41, 5.74) is 6.32. The number of carbonyl (C=O) groups is 2. The Bertz CT molecular complexity index is 688. The van der Waals surface area contributed by atoms with E-state index in [2.05, 4.69) is 10.3 Å². The van der Waals surface area contributed by atoms with Crippen molar-refractivity contribution in [1.82, 2.24) is 4.98 Å². The number of rotatable bonds is 4. The van der Waals surface area contributed by atoms with Crippen molar-refractivity contribution in [3.8, 4) is 0 Å². The molecule has 0 bridgehead atoms. The van der Waals surface area contributed by atoms with Gasteiger partial charge in [-0.05, 0) is 30.3 Å². The normalized spacial score (nSPS) is 10.1. The van der Waals surface area contributed by atoms with E-state index in [1.807, 2.05) is 0 Å². The smallest absolute Gasteiger partial charge is 0.337 e. The molecule has 0 atom stereocenters. The minimum Gasteiger partial charge on any atom is -0.478 e. The first kappa shape index (κ1) is 13.8. The van der Waals surface area contributed by atoms with Gasteiger partial charge in [-0.2, -0.15) is 0 Å². The van der Waals surface area contributed by atoms with Crippen LogP contribution >= 0.6 is 11.6 Å². The topological polar surface area (TPSA) is 105 Å². The van der Waals surface area contributed by atoms with Crippen LogP contribution in [0.25, 0.3) is 0 Å². The van der Waals surface area contributed by atoms with Gasteiger partial charge in [-0.25, -0.2) is 4.79 Å². The molecule has 20 heavy (non-hydrogen) atoms. The van der Waals surface area contributed by atoms with Gasteiger partial charge in [-0.3, -0.25) is 9.78 Å². The molecular formula is C13H10ClN3O3. The van der Waals surface area contributed by atoms with Crippen molar-refractivity contribution in [2.24, 2.45) is 5.73 Å². The summed E-state index contributed by atoms with van der Waals surface area (Å²) in [7, 11) is 0. The molecule has 7 heteroatoms. The molecule has 1 aromatic carbocycles. The molecule has 0 saturated carbocycles. The van der Waals surface area contributed by atoms with E-state index in [1.165, 1.54) is 24.4 Å². The molecule has 0 radical (unpaired) electrons. The highest BCUT2D eigenvalue weighted by molar-refractivity contribution is 6.33. The predicted octanol–water partition coefficient (Wildman–Crippen LogP) is 2.28. The Morgan fingerprint density at radius 2 is 1.90 bits per heavy atom. The van der Waals surface area contributed by atoms with Gasteiger partial charge < -0.3 is 16.2 Å². The highest BCUT2D eigenvalue weighted by Crippen LogP contribution is 2.23. The van der Waals surface area contributed by atoms with Gasteiger partial charge in [0, 0.05) is 17.6 Å². The summed E-state index contributed by atoms with van der Waals surface area (Å²) >= 11 is 5.78. The largest absolute Gasteiger partial charge is 0.478 e. The maximum Gasteiger partial charge on any atom is 0.337 e. The van der Waals surface area contributed by atoms with E-state index in [0.29, 0.717) is 11.4 Å². The molecule has 0 aliphatic rings. The van der Waals surface area contributed by atoms with Crippen molar-refractivity contribution in [1.29, 1.82) is 0 Å². The lowest BCUT2D eigenvalue weighted by Crippen LogP contribution is -2.13. The van der Waals surface area contributed by atoms with Crippen molar-refractivity contribution >= 4 is 34.9 Å². The summed E-state index contributed by atoms with van der Waals surface area (Å²) < 4.78 is 0. The fourth-order valence-electron chi connectivity index (χ4n) is 1.58. The fourth-order valence-corrected chi connectivity index (χ4v) is 1.78. The summed E-state index contributed by atoms with van der Waals surface area (Å²) in [5, 5.41) is 12.1. The van der Waals surface area contributed by atoms with Crippen LogP contribution in [0.4, 0.5) is 11.4 Å². The van der Waals surface area contributed by atoms with Gasteiger partial charge in [0.15, 0.2) is 0 Å². The first-order chi connectivity index (χ1) is 9.47. The molecule has 6 nitrogen and oxygen atoms in total. The second kappa shape index (κ2) is 5.58. The van der Waals surface area contributed by atoms with Gasteiger partial charge in [0.05, 0.1) is 10.6 Å². The van der Waals surface area contributed by atoms with Crippen LogP contribution in [0, 0.1) is 0 Å². The average Bonchev–Trinajstić information content (AvgIpc) is 2.41. The summed E-state index contributed by atoms with van der Waals surface area (Å²) in [6.45, 7) is 0. The second-order valence-corrected chi connectivity index (χ2v) is 4.33. The van der Waals surface area contributed by atoms with E-state index in [1.54, 1.807) is 12.1 Å². The van der Waals surface area contributed by atoms with Crippen LogP contribution in [-0.2, 0) is 0 Å². The molecule has 102 valence electrons. The number of halogens is 1. The number of carboxylic acids is 1. The molecule has 2 rings (SSSR count). The van der Waals surface area contributed by atoms with Crippen LogP contribution in [0.3, 0.4) is 0 Å². The lowest BCUT2D eigenvalue weighted by Gasteiger charge is -2.08. The number of nitrogens with zero attached hydrogens (tertiary/aromatic N) is 1. The molecule has 0 spiro atoms. The van der Waals surface area contributed by atoms with E-state index in [0.717, 1.165) is 0 Å². The highest BCUT2D eigenvalue weighted by atomic mass is 35.5. The molecule has 1 aromatic heterocycles. The third-order valence-electron chi connectivity index (χ3n) is 2.50. The Kier molecular flexibility index (Phi) is 3.86. The van der Waals surface area contributed by atoms with Gasteiger partial charge in [0.2, 0.25) is 0 Å². The number of anilines is 2. The van der Waals surface area contributed by atoms with Crippen LogP contribution in [0.15, 0.2) is 36.5 Å². The number of benzene rings is 1. The first-order valence-corrected chi connectivity index (χ1v) is 5.91. The SMILES string of the molecule is NC(=O)c1cc(Nc2ccc(Cl)c(C(=O)O)c2)ccn1. The summed E-state index contributed by atoms with van der Waals surface area (Å²) in [5.74, 6) is -1.76. The lowest BCUT2D eigenvalue weighted by molar-refractivity contribution is 0.0697. The number of carbonyl (C=O) groups excluding carboxylic acids is 1. The number of nitrogens with one attached hydrogen (secondary N) is 1. The standard InChI is InChI=1S/C13H10ClN3O3/c14-10-2-1-7(5-9(10)13(19)20)17-8-3-4-16-11(6-8)12(15)18/h1-6H,(H2,15,18)(H,16,17)(H,19,20). The molecule has 1 amide bonds. The Balaban J connectivity index is 2.30. The summed E-state index contributed by atoms with van der Waals surface area (Å²) in [4.78, 5) is 25.8. The number of aromatic nitrogens is 1. The minimum atomic E-state index is -1.12. The van der Waals surface area contributed by atoms with Crippen LogP contribution in [0.1, 0.15) is 20.8 Å². The fraction of sp³-hybridized carbons (Fsp3) is 0. The quantitative estimate of drug-likeness (QED) is 0.801. The maximum atomic E-state index is 11.0. The first-order valence-electron chi connectivity index (χ1n) is 5.53. The number of amides is 1. The van der Waals surface area contributed by atoms with Crippen molar-refractivity contribution in [3.05, 3.63) is 52.8 Å². The average molecular weight is 292 g/mol. The van der Waals surface area contributed by atoms with Gasteiger partial charge in [0.25, 0.3) is 5.91 Å². The number of primary amides is 1. The minimum absolute atomic E-state index is 0.0131. The lowest BCUT2D eigenvalue weighted by atomic mass is 10.2. The Hall–Kier alpha value is -2.60. The third-order valence-corrected chi connectivity index (χ3v) is 2.83. The van der Waals surface area contributed by atoms with Gasteiger partial charge in [-0.15, -0.1) is 0 Å². The summed E-state index contributed by atoms with van der Waals surface area (Å²) in [6.07, 6.45) is 1.43. The van der Waals surface area contributed by atoms with Crippen molar-refractivity contribution in [3.63, 3.8) is 0 Å². The van der Waals surface area contributed by atoms with E-state index >= 15 is 0 Å². The van der Waals surface area contributed by atoms with Crippen molar-refractivity contribution < 1.29 is 14.7 Å². The molecule has 4 N–H and O–H groups in total. The second-order valence-electron chi connectivity index (χ2n) is 3.92. The molecule has 0 saturated heterocycles. The van der Waals surface area contributed by atoms with Gasteiger partial charge in [0.1, 0.15) is 5.69 Å². The van der Waals surface area contributed by atoms with Crippen LogP contribution in [-0.4, -0.2) is 22.0 Å². The zero-order valence-electron chi connectivity index (χ0n) is 10.1. The van der Waals surface area contributed by atoms with E-state index < -0.39 is 11.9 Å². The predicted molar refractivity (Wildman–Crippen MR) is 74.4 cm³/mol. The molecule has 0 aliphatic heterocycles. The number of hydrogen-bond acceptors (Lipinski definition) is 4.